The molecule has 0 aliphatic carbocycles. The number of carbonyl (C=O) groups excluding carboxylic acids is 1. The van der Waals surface area contributed by atoms with Crippen molar-refractivity contribution in [1.29, 1.82) is 0 Å². The van der Waals surface area contributed by atoms with Gasteiger partial charge in [-0.15, -0.1) is 0 Å². The van der Waals surface area contributed by atoms with Gasteiger partial charge in [0, 0.05) is 38.4 Å². The molecule has 124 valence electrons. The van der Waals surface area contributed by atoms with Crippen LogP contribution in [-0.2, 0) is 18.3 Å². The standard InChI is InChI=1S/C16H23N5O2/c1-9-8-21(6-5-17-9)13(22)7-12-10(2)14-15(18-11(12)3)20(4)19-16(14)23/h9,17H,5-8H2,1-4H3,(H,19,23). The zero-order valence-corrected chi connectivity index (χ0v) is 14.1. The van der Waals surface area contributed by atoms with E-state index in [9.17, 15) is 9.59 Å². The number of H-pyrrole nitrogens is 1. The van der Waals surface area contributed by atoms with E-state index < -0.39 is 0 Å². The van der Waals surface area contributed by atoms with E-state index in [1.165, 1.54) is 0 Å². The smallest absolute Gasteiger partial charge is 0.273 e. The van der Waals surface area contributed by atoms with Crippen molar-refractivity contribution in [3.63, 3.8) is 0 Å². The van der Waals surface area contributed by atoms with Crippen LogP contribution in [0, 0.1) is 13.8 Å². The molecule has 2 aromatic heterocycles. The summed E-state index contributed by atoms with van der Waals surface area (Å²) in [5.74, 6) is 0.0954. The normalized spacial score (nSPS) is 18.6. The van der Waals surface area contributed by atoms with Crippen molar-refractivity contribution >= 4 is 16.9 Å². The van der Waals surface area contributed by atoms with Crippen LogP contribution in [0.15, 0.2) is 4.79 Å². The van der Waals surface area contributed by atoms with E-state index in [4.69, 9.17) is 0 Å². The van der Waals surface area contributed by atoms with Crippen molar-refractivity contribution in [2.24, 2.45) is 7.05 Å². The molecule has 1 fully saturated rings. The number of aromatic nitrogens is 3. The molecule has 0 radical (unpaired) electrons. The Morgan fingerprint density at radius 2 is 2.13 bits per heavy atom. The Morgan fingerprint density at radius 3 is 2.83 bits per heavy atom. The molecule has 0 spiro atoms. The molecule has 7 heteroatoms. The third-order valence-electron chi connectivity index (χ3n) is 4.63. The van der Waals surface area contributed by atoms with Crippen LogP contribution in [0.3, 0.4) is 0 Å². The minimum Gasteiger partial charge on any atom is -0.340 e. The fraction of sp³-hybridized carbons (Fsp3) is 0.562. The Balaban J connectivity index is 1.95. The molecular weight excluding hydrogens is 294 g/mol. The van der Waals surface area contributed by atoms with Gasteiger partial charge in [0.05, 0.1) is 11.8 Å². The van der Waals surface area contributed by atoms with Crippen LogP contribution in [-0.4, -0.2) is 51.2 Å². The van der Waals surface area contributed by atoms with Gasteiger partial charge < -0.3 is 10.2 Å². The number of hydrogen-bond donors (Lipinski definition) is 2. The highest BCUT2D eigenvalue weighted by atomic mass is 16.2. The van der Waals surface area contributed by atoms with Crippen molar-refractivity contribution in [2.45, 2.75) is 33.2 Å². The molecule has 0 saturated carbocycles. The number of hydrogen-bond acceptors (Lipinski definition) is 4. The molecule has 3 rings (SSSR count). The number of fused-ring (bicyclic) bond motifs is 1. The Morgan fingerprint density at radius 1 is 1.39 bits per heavy atom. The van der Waals surface area contributed by atoms with Gasteiger partial charge in [0.1, 0.15) is 0 Å². The zero-order valence-electron chi connectivity index (χ0n) is 14.1. The highest BCUT2D eigenvalue weighted by molar-refractivity contribution is 5.84. The van der Waals surface area contributed by atoms with Crippen molar-refractivity contribution in [3.8, 4) is 0 Å². The van der Waals surface area contributed by atoms with Gasteiger partial charge in [0.2, 0.25) is 5.91 Å². The number of nitrogens with zero attached hydrogens (tertiary/aromatic N) is 3. The number of aromatic amines is 1. The summed E-state index contributed by atoms with van der Waals surface area (Å²) >= 11 is 0. The van der Waals surface area contributed by atoms with E-state index in [-0.39, 0.29) is 11.5 Å². The lowest BCUT2D eigenvalue weighted by atomic mass is 10.0. The summed E-state index contributed by atoms with van der Waals surface area (Å²) < 4.78 is 1.63. The van der Waals surface area contributed by atoms with Gasteiger partial charge in [-0.25, -0.2) is 4.98 Å². The van der Waals surface area contributed by atoms with Gasteiger partial charge in [-0.1, -0.05) is 0 Å². The summed E-state index contributed by atoms with van der Waals surface area (Å²) in [6, 6.07) is 0.312. The first-order valence-electron chi connectivity index (χ1n) is 7.94. The third kappa shape index (κ3) is 2.76. The van der Waals surface area contributed by atoms with Crippen LogP contribution in [0.4, 0.5) is 0 Å². The Hall–Kier alpha value is -2.15. The number of aryl methyl sites for hydroxylation is 3. The molecule has 2 aromatic rings. The molecule has 0 aromatic carbocycles. The monoisotopic (exact) mass is 317 g/mol. The second-order valence-electron chi connectivity index (χ2n) is 6.37. The fourth-order valence-electron chi connectivity index (χ4n) is 3.33. The number of carbonyl (C=O) groups is 1. The molecule has 1 atom stereocenters. The summed E-state index contributed by atoms with van der Waals surface area (Å²) in [7, 11) is 1.77. The number of amides is 1. The first kappa shape index (κ1) is 15.7. The third-order valence-corrected chi connectivity index (χ3v) is 4.63. The van der Waals surface area contributed by atoms with Crippen molar-refractivity contribution in [3.05, 3.63) is 27.2 Å². The molecule has 1 amide bonds. The molecule has 1 aliphatic rings. The average Bonchev–Trinajstić information content (AvgIpc) is 2.77. The van der Waals surface area contributed by atoms with Crippen LogP contribution in [0.5, 0.6) is 0 Å². The summed E-state index contributed by atoms with van der Waals surface area (Å²) in [4.78, 5) is 31.1. The lowest BCUT2D eigenvalue weighted by Crippen LogP contribution is -2.51. The highest BCUT2D eigenvalue weighted by Crippen LogP contribution is 2.21. The molecule has 1 unspecified atom stereocenters. The number of pyridine rings is 1. The molecule has 0 bridgehead atoms. The van der Waals surface area contributed by atoms with Crippen LogP contribution in [0.25, 0.3) is 11.0 Å². The molecule has 2 N–H and O–H groups in total. The Kier molecular flexibility index (Phi) is 3.97. The maximum Gasteiger partial charge on any atom is 0.273 e. The first-order chi connectivity index (χ1) is 10.9. The van der Waals surface area contributed by atoms with E-state index in [0.717, 1.165) is 36.5 Å². The molecule has 3 heterocycles. The van der Waals surface area contributed by atoms with Crippen LogP contribution in [0.1, 0.15) is 23.7 Å². The van der Waals surface area contributed by atoms with E-state index in [1.807, 2.05) is 18.7 Å². The molecular formula is C16H23N5O2. The fourth-order valence-corrected chi connectivity index (χ4v) is 3.33. The second kappa shape index (κ2) is 5.81. The Labute approximate surface area is 134 Å². The second-order valence-corrected chi connectivity index (χ2v) is 6.37. The highest BCUT2D eigenvalue weighted by Gasteiger charge is 2.23. The van der Waals surface area contributed by atoms with Crippen LogP contribution < -0.4 is 10.9 Å². The summed E-state index contributed by atoms with van der Waals surface area (Å²) in [5, 5.41) is 6.64. The molecule has 23 heavy (non-hydrogen) atoms. The van der Waals surface area contributed by atoms with Gasteiger partial charge in [-0.3, -0.25) is 19.4 Å². The van der Waals surface area contributed by atoms with E-state index >= 15 is 0 Å². The maximum atomic E-state index is 12.6. The van der Waals surface area contributed by atoms with Crippen molar-refractivity contribution < 1.29 is 4.79 Å². The maximum absolute atomic E-state index is 12.6. The van der Waals surface area contributed by atoms with Crippen LogP contribution in [0.2, 0.25) is 0 Å². The van der Waals surface area contributed by atoms with E-state index in [1.54, 1.807) is 11.7 Å². The minimum absolute atomic E-state index is 0.0954. The summed E-state index contributed by atoms with van der Waals surface area (Å²) in [5.41, 5.74) is 3.01. The van der Waals surface area contributed by atoms with E-state index in [0.29, 0.717) is 23.5 Å². The SMILES string of the molecule is Cc1nc2c(c(C)c1CC(=O)N1CCNC(C)C1)c(=O)[nH]n2C. The Bertz CT molecular complexity index is 820. The van der Waals surface area contributed by atoms with Gasteiger partial charge >= 0.3 is 0 Å². The van der Waals surface area contributed by atoms with Gasteiger partial charge in [-0.2, -0.15) is 0 Å². The minimum atomic E-state index is -0.156. The van der Waals surface area contributed by atoms with Gasteiger partial charge in [0.25, 0.3) is 5.56 Å². The number of piperazine rings is 1. The van der Waals surface area contributed by atoms with Gasteiger partial charge in [-0.05, 0) is 31.9 Å². The summed E-state index contributed by atoms with van der Waals surface area (Å²) in [6.07, 6.45) is 0.293. The number of nitrogens with one attached hydrogen (secondary N) is 2. The zero-order chi connectivity index (χ0) is 16.7. The van der Waals surface area contributed by atoms with Gasteiger partial charge in [0.15, 0.2) is 5.65 Å². The van der Waals surface area contributed by atoms with Crippen LogP contribution >= 0.6 is 0 Å². The molecule has 7 nitrogen and oxygen atoms in total. The first-order valence-corrected chi connectivity index (χ1v) is 7.94. The predicted octanol–water partition coefficient (Wildman–Crippen LogP) is 0.241. The summed E-state index contributed by atoms with van der Waals surface area (Å²) in [6.45, 7) is 8.14. The largest absolute Gasteiger partial charge is 0.340 e. The molecule has 1 aliphatic heterocycles. The van der Waals surface area contributed by atoms with Crippen molar-refractivity contribution in [2.75, 3.05) is 19.6 Å². The number of rotatable bonds is 2. The molecule has 1 saturated heterocycles. The lowest BCUT2D eigenvalue weighted by Gasteiger charge is -2.32. The quantitative estimate of drug-likeness (QED) is 0.831. The van der Waals surface area contributed by atoms with Crippen molar-refractivity contribution in [1.82, 2.24) is 25.0 Å². The predicted molar refractivity (Wildman–Crippen MR) is 88.6 cm³/mol. The topological polar surface area (TPSA) is 83.0 Å². The average molecular weight is 317 g/mol. The lowest BCUT2D eigenvalue weighted by molar-refractivity contribution is -0.131. The van der Waals surface area contributed by atoms with E-state index in [2.05, 4.69) is 22.3 Å².